The van der Waals surface area contributed by atoms with Gasteiger partial charge in [0.2, 0.25) is 0 Å². The number of halogens is 2. The number of nitrogens with one attached hydrogen (secondary N) is 1. The first-order valence-corrected chi connectivity index (χ1v) is 6.69. The first-order chi connectivity index (χ1) is 9.49. The van der Waals surface area contributed by atoms with Crippen LogP contribution in [0.2, 0.25) is 0 Å². The topological polar surface area (TPSA) is 12.0 Å². The van der Waals surface area contributed by atoms with Crippen molar-refractivity contribution in [1.29, 1.82) is 0 Å². The van der Waals surface area contributed by atoms with Gasteiger partial charge in [-0.2, -0.15) is 0 Å². The van der Waals surface area contributed by atoms with E-state index in [1.807, 2.05) is 20.9 Å². The Hall–Kier alpha value is -1.74. The van der Waals surface area contributed by atoms with Crippen molar-refractivity contribution in [2.75, 3.05) is 7.05 Å². The molecule has 0 aliphatic rings. The SMILES string of the molecule is CNC(Cc1cc(F)ccc1F)c1cc(C)cc(C)c1. The van der Waals surface area contributed by atoms with Gasteiger partial charge < -0.3 is 5.32 Å². The Kier molecular flexibility index (Phi) is 4.50. The van der Waals surface area contributed by atoms with Gasteiger partial charge >= 0.3 is 0 Å². The van der Waals surface area contributed by atoms with E-state index in [0.717, 1.165) is 11.6 Å². The molecule has 0 bridgehead atoms. The van der Waals surface area contributed by atoms with Crippen LogP contribution in [0.4, 0.5) is 8.78 Å². The molecule has 0 saturated carbocycles. The summed E-state index contributed by atoms with van der Waals surface area (Å²) in [4.78, 5) is 0. The molecule has 0 saturated heterocycles. The fourth-order valence-corrected chi connectivity index (χ4v) is 2.52. The Morgan fingerprint density at radius 2 is 1.65 bits per heavy atom. The van der Waals surface area contributed by atoms with Gasteiger partial charge in [0, 0.05) is 6.04 Å². The van der Waals surface area contributed by atoms with E-state index in [1.54, 1.807) is 0 Å². The largest absolute Gasteiger partial charge is 0.313 e. The minimum atomic E-state index is -0.406. The second-order valence-corrected chi connectivity index (χ2v) is 5.20. The average molecular weight is 275 g/mol. The molecule has 0 aliphatic heterocycles. The van der Waals surface area contributed by atoms with E-state index in [9.17, 15) is 8.78 Å². The highest BCUT2D eigenvalue weighted by Gasteiger charge is 2.14. The maximum atomic E-state index is 13.7. The van der Waals surface area contributed by atoms with Gasteiger partial charge in [0.25, 0.3) is 0 Å². The lowest BCUT2D eigenvalue weighted by atomic mass is 9.96. The molecule has 0 spiro atoms. The first-order valence-electron chi connectivity index (χ1n) is 6.69. The van der Waals surface area contributed by atoms with E-state index in [-0.39, 0.29) is 11.9 Å². The summed E-state index contributed by atoms with van der Waals surface area (Å²) in [5.41, 5.74) is 3.82. The minimum Gasteiger partial charge on any atom is -0.313 e. The van der Waals surface area contributed by atoms with E-state index >= 15 is 0 Å². The smallest absolute Gasteiger partial charge is 0.126 e. The van der Waals surface area contributed by atoms with Crippen LogP contribution in [0.5, 0.6) is 0 Å². The molecule has 0 heterocycles. The molecule has 1 nitrogen and oxygen atoms in total. The third kappa shape index (κ3) is 3.42. The molecule has 0 radical (unpaired) electrons. The number of rotatable bonds is 4. The number of hydrogen-bond donors (Lipinski definition) is 1. The zero-order chi connectivity index (χ0) is 14.7. The molecule has 0 aliphatic carbocycles. The van der Waals surface area contributed by atoms with Crippen LogP contribution in [0.25, 0.3) is 0 Å². The van der Waals surface area contributed by atoms with Crippen LogP contribution < -0.4 is 5.32 Å². The molecule has 2 aromatic rings. The highest BCUT2D eigenvalue weighted by atomic mass is 19.1. The lowest BCUT2D eigenvalue weighted by Gasteiger charge is -2.18. The Labute approximate surface area is 118 Å². The van der Waals surface area contributed by atoms with Crippen molar-refractivity contribution in [3.05, 3.63) is 70.3 Å². The van der Waals surface area contributed by atoms with Gasteiger partial charge in [-0.15, -0.1) is 0 Å². The van der Waals surface area contributed by atoms with Crippen LogP contribution in [-0.4, -0.2) is 7.05 Å². The van der Waals surface area contributed by atoms with Gasteiger partial charge in [-0.05, 0) is 56.6 Å². The molecule has 3 heteroatoms. The Bertz CT molecular complexity index is 588. The van der Waals surface area contributed by atoms with E-state index in [0.29, 0.717) is 12.0 Å². The van der Waals surface area contributed by atoms with Crippen molar-refractivity contribution in [2.45, 2.75) is 26.3 Å². The lowest BCUT2D eigenvalue weighted by molar-refractivity contribution is 0.543. The predicted molar refractivity (Wildman–Crippen MR) is 77.8 cm³/mol. The molecule has 20 heavy (non-hydrogen) atoms. The molecule has 1 unspecified atom stereocenters. The standard InChI is InChI=1S/C17H19F2N/c1-11-6-12(2)8-14(7-11)17(20-3)10-13-9-15(18)4-5-16(13)19/h4-9,17,20H,10H2,1-3H3. The van der Waals surface area contributed by atoms with Crippen molar-refractivity contribution in [3.8, 4) is 0 Å². The van der Waals surface area contributed by atoms with Crippen molar-refractivity contribution in [1.82, 2.24) is 5.32 Å². The van der Waals surface area contributed by atoms with E-state index in [2.05, 4.69) is 23.5 Å². The van der Waals surface area contributed by atoms with E-state index < -0.39 is 5.82 Å². The summed E-state index contributed by atoms with van der Waals surface area (Å²) in [6.07, 6.45) is 0.420. The molecule has 1 atom stereocenters. The van der Waals surface area contributed by atoms with Crippen LogP contribution in [0.15, 0.2) is 36.4 Å². The molecule has 0 fully saturated rings. The summed E-state index contributed by atoms with van der Waals surface area (Å²) in [7, 11) is 1.83. The van der Waals surface area contributed by atoms with Crippen molar-refractivity contribution >= 4 is 0 Å². The zero-order valence-corrected chi connectivity index (χ0v) is 12.0. The van der Waals surface area contributed by atoms with Gasteiger partial charge in [-0.1, -0.05) is 29.3 Å². The summed E-state index contributed by atoms with van der Waals surface area (Å²) in [5, 5.41) is 3.18. The summed E-state index contributed by atoms with van der Waals surface area (Å²) in [5.74, 6) is -0.771. The maximum Gasteiger partial charge on any atom is 0.126 e. The van der Waals surface area contributed by atoms with Crippen molar-refractivity contribution in [3.63, 3.8) is 0 Å². The van der Waals surface area contributed by atoms with Gasteiger partial charge in [0.15, 0.2) is 0 Å². The van der Waals surface area contributed by atoms with Gasteiger partial charge in [0.05, 0.1) is 0 Å². The summed E-state index contributed by atoms with van der Waals surface area (Å²) >= 11 is 0. The van der Waals surface area contributed by atoms with Crippen molar-refractivity contribution < 1.29 is 8.78 Å². The van der Waals surface area contributed by atoms with Crippen LogP contribution in [-0.2, 0) is 6.42 Å². The fraction of sp³-hybridized carbons (Fsp3) is 0.294. The summed E-state index contributed by atoms with van der Waals surface area (Å²) < 4.78 is 27.0. The van der Waals surface area contributed by atoms with Crippen LogP contribution >= 0.6 is 0 Å². The van der Waals surface area contributed by atoms with Gasteiger partial charge in [-0.25, -0.2) is 8.78 Å². The molecule has 1 N–H and O–H groups in total. The third-order valence-corrected chi connectivity index (χ3v) is 3.43. The maximum absolute atomic E-state index is 13.7. The predicted octanol–water partition coefficient (Wildman–Crippen LogP) is 4.08. The number of hydrogen-bond acceptors (Lipinski definition) is 1. The van der Waals surface area contributed by atoms with Crippen molar-refractivity contribution in [2.24, 2.45) is 0 Å². The average Bonchev–Trinajstić information content (AvgIpc) is 2.38. The molecular weight excluding hydrogens is 256 g/mol. The number of aryl methyl sites for hydroxylation is 2. The monoisotopic (exact) mass is 275 g/mol. The third-order valence-electron chi connectivity index (χ3n) is 3.43. The minimum absolute atomic E-state index is 0.0371. The first kappa shape index (κ1) is 14.7. The van der Waals surface area contributed by atoms with E-state index in [4.69, 9.17) is 0 Å². The summed E-state index contributed by atoms with van der Waals surface area (Å²) in [6.45, 7) is 4.07. The molecule has 0 amide bonds. The van der Waals surface area contributed by atoms with Gasteiger partial charge in [0.1, 0.15) is 11.6 Å². The number of likely N-dealkylation sites (N-methyl/N-ethyl adjacent to an activating group) is 1. The van der Waals surface area contributed by atoms with Crippen LogP contribution in [0.1, 0.15) is 28.3 Å². The Morgan fingerprint density at radius 3 is 2.25 bits per heavy atom. The van der Waals surface area contributed by atoms with Crippen LogP contribution in [0, 0.1) is 25.5 Å². The second kappa shape index (κ2) is 6.14. The molecule has 106 valence electrons. The normalized spacial score (nSPS) is 12.4. The van der Waals surface area contributed by atoms with E-state index in [1.165, 1.54) is 23.3 Å². The van der Waals surface area contributed by atoms with Crippen LogP contribution in [0.3, 0.4) is 0 Å². The lowest BCUT2D eigenvalue weighted by Crippen LogP contribution is -2.19. The highest BCUT2D eigenvalue weighted by Crippen LogP contribution is 2.22. The summed E-state index contributed by atoms with van der Waals surface area (Å²) in [6, 6.07) is 9.80. The Balaban J connectivity index is 2.30. The second-order valence-electron chi connectivity index (χ2n) is 5.20. The Morgan fingerprint density at radius 1 is 1.00 bits per heavy atom. The number of benzene rings is 2. The molecule has 0 aromatic heterocycles. The molecular formula is C17H19F2N. The van der Waals surface area contributed by atoms with Gasteiger partial charge in [-0.3, -0.25) is 0 Å². The molecule has 2 rings (SSSR count). The quantitative estimate of drug-likeness (QED) is 0.886. The zero-order valence-electron chi connectivity index (χ0n) is 12.0. The fourth-order valence-electron chi connectivity index (χ4n) is 2.52. The molecule has 2 aromatic carbocycles. The highest BCUT2D eigenvalue weighted by molar-refractivity contribution is 5.32.